The van der Waals surface area contributed by atoms with Crippen LogP contribution >= 0.6 is 15.9 Å². The molecule has 0 bridgehead atoms. The quantitative estimate of drug-likeness (QED) is 0.643. The molecule has 0 N–H and O–H groups in total. The number of carbonyl (C=O) groups is 2. The number of esters is 2. The van der Waals surface area contributed by atoms with Crippen LogP contribution < -0.4 is 4.90 Å². The topological polar surface area (TPSA) is 55.8 Å². The number of anilines is 1. The first-order valence-corrected chi connectivity index (χ1v) is 9.16. The number of ether oxygens (including phenoxy) is 2. The van der Waals surface area contributed by atoms with Gasteiger partial charge in [0.05, 0.1) is 25.5 Å². The molecule has 0 aromatic heterocycles. The molecule has 1 aromatic carbocycles. The maximum Gasteiger partial charge on any atom is 0.355 e. The molecule has 6 heteroatoms. The number of hydrogen-bond acceptors (Lipinski definition) is 5. The average molecular weight is 420 g/mol. The van der Waals surface area contributed by atoms with Crippen LogP contribution in [-0.4, -0.2) is 26.2 Å². The van der Waals surface area contributed by atoms with Gasteiger partial charge in [0.15, 0.2) is 0 Å². The van der Waals surface area contributed by atoms with Crippen molar-refractivity contribution in [1.29, 1.82) is 0 Å². The molecule has 0 saturated heterocycles. The third-order valence-corrected chi connectivity index (χ3v) is 4.62. The number of nitrogens with zero attached hydrogens (tertiary/aromatic N) is 1. The van der Waals surface area contributed by atoms with Gasteiger partial charge in [-0.25, -0.2) is 9.59 Å². The lowest BCUT2D eigenvalue weighted by atomic mass is 10.1. The van der Waals surface area contributed by atoms with Crippen molar-refractivity contribution in [2.45, 2.75) is 26.2 Å². The first-order chi connectivity index (χ1) is 12.5. The van der Waals surface area contributed by atoms with Crippen LogP contribution in [0.4, 0.5) is 5.69 Å². The summed E-state index contributed by atoms with van der Waals surface area (Å²) in [6.45, 7) is 2.15. The maximum atomic E-state index is 12.4. The lowest BCUT2D eigenvalue weighted by Gasteiger charge is -2.24. The minimum atomic E-state index is -0.622. The van der Waals surface area contributed by atoms with E-state index >= 15 is 0 Å². The fourth-order valence-electron chi connectivity index (χ4n) is 2.63. The zero-order valence-corrected chi connectivity index (χ0v) is 16.7. The summed E-state index contributed by atoms with van der Waals surface area (Å²) in [4.78, 5) is 26.3. The highest BCUT2D eigenvalue weighted by atomic mass is 79.9. The minimum Gasteiger partial charge on any atom is -0.465 e. The second-order valence-electron chi connectivity index (χ2n) is 5.71. The molecule has 1 aliphatic rings. The Morgan fingerprint density at radius 1 is 1.12 bits per heavy atom. The summed E-state index contributed by atoms with van der Waals surface area (Å²) in [6, 6.07) is 5.97. The Labute approximate surface area is 162 Å². The van der Waals surface area contributed by atoms with Gasteiger partial charge in [-0.2, -0.15) is 0 Å². The molecule has 0 amide bonds. The number of unbranched alkanes of at least 4 members (excludes halogenated alkanes) is 1. The van der Waals surface area contributed by atoms with Crippen LogP contribution in [-0.2, 0) is 25.5 Å². The fraction of sp³-hybridized carbons (Fsp3) is 0.300. The summed E-state index contributed by atoms with van der Waals surface area (Å²) in [5, 5.41) is 0. The van der Waals surface area contributed by atoms with Crippen LogP contribution in [0.1, 0.15) is 25.3 Å². The monoisotopic (exact) mass is 419 g/mol. The molecule has 0 radical (unpaired) electrons. The third kappa shape index (κ3) is 4.43. The second kappa shape index (κ2) is 9.38. The number of benzene rings is 1. The molecule has 138 valence electrons. The molecule has 2 rings (SSSR count). The summed E-state index contributed by atoms with van der Waals surface area (Å²) in [7, 11) is 2.56. The van der Waals surface area contributed by atoms with Crippen LogP contribution in [0.2, 0.25) is 0 Å². The zero-order chi connectivity index (χ0) is 19.1. The molecule has 0 saturated carbocycles. The van der Waals surface area contributed by atoms with Crippen molar-refractivity contribution in [2.75, 3.05) is 19.1 Å². The first-order valence-electron chi connectivity index (χ1n) is 8.36. The van der Waals surface area contributed by atoms with Gasteiger partial charge in [0.25, 0.3) is 0 Å². The summed E-state index contributed by atoms with van der Waals surface area (Å²) >= 11 is 3.59. The van der Waals surface area contributed by atoms with Gasteiger partial charge in [-0.3, -0.25) is 0 Å². The average Bonchev–Trinajstić information content (AvgIpc) is 2.88. The van der Waals surface area contributed by atoms with Gasteiger partial charge in [0.2, 0.25) is 0 Å². The van der Waals surface area contributed by atoms with Crippen LogP contribution in [0, 0.1) is 0 Å². The van der Waals surface area contributed by atoms with Gasteiger partial charge in [-0.15, -0.1) is 0 Å². The van der Waals surface area contributed by atoms with Crippen molar-refractivity contribution in [1.82, 2.24) is 0 Å². The van der Waals surface area contributed by atoms with Crippen LogP contribution in [0.5, 0.6) is 0 Å². The van der Waals surface area contributed by atoms with E-state index in [-0.39, 0.29) is 11.3 Å². The highest BCUT2D eigenvalue weighted by molar-refractivity contribution is 9.10. The number of methoxy groups -OCH3 is 2. The van der Waals surface area contributed by atoms with Gasteiger partial charge in [-0.1, -0.05) is 25.5 Å². The van der Waals surface area contributed by atoms with E-state index in [2.05, 4.69) is 22.9 Å². The normalized spacial score (nSPS) is 13.6. The lowest BCUT2D eigenvalue weighted by Crippen LogP contribution is -2.27. The highest BCUT2D eigenvalue weighted by Crippen LogP contribution is 2.33. The largest absolute Gasteiger partial charge is 0.465 e. The van der Waals surface area contributed by atoms with Crippen molar-refractivity contribution in [2.24, 2.45) is 0 Å². The van der Waals surface area contributed by atoms with Gasteiger partial charge in [0, 0.05) is 10.7 Å². The number of halogens is 1. The minimum absolute atomic E-state index is 0.103. The number of allylic oxidation sites excluding steroid dienone is 2. The van der Waals surface area contributed by atoms with Gasteiger partial charge < -0.3 is 14.4 Å². The van der Waals surface area contributed by atoms with Gasteiger partial charge in [-0.05, 0) is 58.6 Å². The van der Waals surface area contributed by atoms with E-state index in [1.807, 2.05) is 18.2 Å². The number of rotatable bonds is 6. The van der Waals surface area contributed by atoms with E-state index in [0.29, 0.717) is 0 Å². The first kappa shape index (κ1) is 20.0. The van der Waals surface area contributed by atoms with Crippen LogP contribution in [0.3, 0.4) is 0 Å². The molecular weight excluding hydrogens is 398 g/mol. The SMILES string of the molecule is CCCCc1ccc(N2C=CC=CC(C(=O)OC)=C2C(=O)OC)c(Br)c1. The van der Waals surface area contributed by atoms with E-state index < -0.39 is 11.9 Å². The Hall–Kier alpha value is -2.34. The summed E-state index contributed by atoms with van der Waals surface area (Å²) in [5.41, 5.74) is 2.17. The van der Waals surface area contributed by atoms with Gasteiger partial charge >= 0.3 is 11.9 Å². The van der Waals surface area contributed by atoms with Crippen molar-refractivity contribution in [3.8, 4) is 0 Å². The number of hydrogen-bond donors (Lipinski definition) is 0. The Kier molecular flexibility index (Phi) is 7.21. The van der Waals surface area contributed by atoms with Crippen molar-refractivity contribution < 1.29 is 19.1 Å². The Morgan fingerprint density at radius 2 is 1.85 bits per heavy atom. The predicted molar refractivity (Wildman–Crippen MR) is 105 cm³/mol. The fourth-order valence-corrected chi connectivity index (χ4v) is 3.25. The predicted octanol–water partition coefficient (Wildman–Crippen LogP) is 4.28. The molecule has 1 heterocycles. The molecule has 26 heavy (non-hydrogen) atoms. The molecular formula is C20H22BrNO4. The molecule has 0 atom stereocenters. The van der Waals surface area contributed by atoms with E-state index in [0.717, 1.165) is 29.4 Å². The highest BCUT2D eigenvalue weighted by Gasteiger charge is 2.28. The second-order valence-corrected chi connectivity index (χ2v) is 6.56. The van der Waals surface area contributed by atoms with E-state index in [1.165, 1.54) is 25.9 Å². The van der Waals surface area contributed by atoms with E-state index in [4.69, 9.17) is 9.47 Å². The maximum absolute atomic E-state index is 12.4. The standard InChI is InChI=1S/C20H22BrNO4/c1-4-5-8-14-10-11-17(16(21)13-14)22-12-7-6-9-15(19(23)25-2)18(22)20(24)26-3/h6-7,9-13H,4-5,8H2,1-3H3. The Bertz CT molecular complexity index is 780. The number of carbonyl (C=O) groups excluding carboxylic acids is 2. The van der Waals surface area contributed by atoms with Crippen molar-refractivity contribution >= 4 is 33.6 Å². The Balaban J connectivity index is 2.54. The van der Waals surface area contributed by atoms with Crippen molar-refractivity contribution in [3.63, 3.8) is 0 Å². The van der Waals surface area contributed by atoms with Gasteiger partial charge in [0.1, 0.15) is 5.70 Å². The molecule has 1 aromatic rings. The summed E-state index contributed by atoms with van der Waals surface area (Å²) in [5.74, 6) is -1.23. The molecule has 0 spiro atoms. The van der Waals surface area contributed by atoms with E-state index in [1.54, 1.807) is 23.3 Å². The third-order valence-electron chi connectivity index (χ3n) is 3.98. The van der Waals surface area contributed by atoms with Crippen molar-refractivity contribution in [3.05, 3.63) is 63.9 Å². The molecule has 0 unspecified atom stereocenters. The van der Waals surface area contributed by atoms with E-state index in [9.17, 15) is 9.59 Å². The smallest absolute Gasteiger partial charge is 0.355 e. The lowest BCUT2D eigenvalue weighted by molar-refractivity contribution is -0.139. The molecule has 1 aliphatic heterocycles. The summed E-state index contributed by atoms with van der Waals surface area (Å²) < 4.78 is 10.6. The molecule has 0 aliphatic carbocycles. The molecule has 5 nitrogen and oxygen atoms in total. The van der Waals surface area contributed by atoms with Crippen LogP contribution in [0.25, 0.3) is 0 Å². The zero-order valence-electron chi connectivity index (χ0n) is 15.1. The summed E-state index contributed by atoms with van der Waals surface area (Å²) in [6.07, 6.45) is 9.90. The Morgan fingerprint density at radius 3 is 2.46 bits per heavy atom. The molecule has 0 fully saturated rings. The van der Waals surface area contributed by atoms with Crippen LogP contribution in [0.15, 0.2) is 58.4 Å². The number of aryl methyl sites for hydroxylation is 1.